The molecule has 0 atom stereocenters. The average molecular weight is 591 g/mol. The molecule has 1 aromatic heterocycles. The minimum atomic E-state index is -0.347. The van der Waals surface area contributed by atoms with Crippen LogP contribution in [0.5, 0.6) is 5.75 Å². The summed E-state index contributed by atoms with van der Waals surface area (Å²) >= 11 is 13.4. The third kappa shape index (κ3) is 6.98. The lowest BCUT2D eigenvalue weighted by atomic mass is 10.2. The molecule has 2 N–H and O–H groups in total. The molecule has 0 radical (unpaired) electrons. The second-order valence-corrected chi connectivity index (χ2v) is 10.9. The molecule has 0 bridgehead atoms. The first-order chi connectivity index (χ1) is 19.5. The largest absolute Gasteiger partial charge is 0.489 e. The number of thiophene rings is 1. The van der Waals surface area contributed by atoms with Gasteiger partial charge in [0.05, 0.1) is 15.6 Å². The van der Waals surface area contributed by atoms with Gasteiger partial charge in [-0.2, -0.15) is 0 Å². The number of hydrogen-bond donors (Lipinski definition) is 2. The number of anilines is 2. The predicted molar refractivity (Wildman–Crippen MR) is 165 cm³/mol. The molecule has 2 amide bonds. The van der Waals surface area contributed by atoms with Crippen molar-refractivity contribution in [1.29, 1.82) is 0 Å². The van der Waals surface area contributed by atoms with E-state index in [0.717, 1.165) is 16.1 Å². The molecule has 10 heteroatoms. The Labute approximate surface area is 247 Å². The van der Waals surface area contributed by atoms with Gasteiger partial charge in [0.1, 0.15) is 12.4 Å². The van der Waals surface area contributed by atoms with Gasteiger partial charge in [-0.25, -0.2) is 0 Å². The van der Waals surface area contributed by atoms with Crippen LogP contribution in [0.25, 0.3) is 0 Å². The maximum absolute atomic E-state index is 12.8. The second kappa shape index (κ2) is 13.0. The maximum Gasteiger partial charge on any atom is 0.264 e. The fourth-order valence-corrected chi connectivity index (χ4v) is 5.55. The van der Waals surface area contributed by atoms with Gasteiger partial charge in [-0.05, 0) is 65.6 Å². The highest BCUT2D eigenvalue weighted by Gasteiger charge is 2.24. The molecule has 1 fully saturated rings. The van der Waals surface area contributed by atoms with Crippen LogP contribution < -0.4 is 20.3 Å². The van der Waals surface area contributed by atoms with E-state index in [1.807, 2.05) is 64.9 Å². The van der Waals surface area contributed by atoms with E-state index in [9.17, 15) is 9.59 Å². The van der Waals surface area contributed by atoms with Crippen molar-refractivity contribution in [3.8, 4) is 5.75 Å². The van der Waals surface area contributed by atoms with Crippen molar-refractivity contribution in [3.63, 3.8) is 0 Å². The first-order valence-electron chi connectivity index (χ1n) is 12.7. The zero-order chi connectivity index (χ0) is 27.9. The lowest BCUT2D eigenvalue weighted by Gasteiger charge is -2.36. The number of thiocarbonyl (C=S) groups is 1. The first kappa shape index (κ1) is 27.6. The highest BCUT2D eigenvalue weighted by molar-refractivity contribution is 7.80. The fraction of sp³-hybridized carbons (Fsp3) is 0.167. The Kier molecular flexibility index (Phi) is 8.95. The van der Waals surface area contributed by atoms with E-state index in [-0.39, 0.29) is 16.9 Å². The Bertz CT molecular complexity index is 1490. The van der Waals surface area contributed by atoms with Crippen LogP contribution in [-0.4, -0.2) is 48.0 Å². The van der Waals surface area contributed by atoms with Crippen molar-refractivity contribution in [2.45, 2.75) is 6.61 Å². The second-order valence-electron chi connectivity index (χ2n) is 9.13. The third-order valence-electron chi connectivity index (χ3n) is 6.42. The van der Waals surface area contributed by atoms with Crippen molar-refractivity contribution >= 4 is 63.5 Å². The number of benzene rings is 3. The van der Waals surface area contributed by atoms with Gasteiger partial charge in [0.25, 0.3) is 11.8 Å². The molecule has 1 saturated heterocycles. The van der Waals surface area contributed by atoms with Gasteiger partial charge in [-0.3, -0.25) is 14.9 Å². The number of amides is 2. The molecule has 0 aliphatic carbocycles. The summed E-state index contributed by atoms with van der Waals surface area (Å²) in [5, 5.41) is 8.36. The van der Waals surface area contributed by atoms with E-state index in [4.69, 9.17) is 28.6 Å². The van der Waals surface area contributed by atoms with Gasteiger partial charge >= 0.3 is 0 Å². The van der Waals surface area contributed by atoms with Gasteiger partial charge in [0.2, 0.25) is 0 Å². The topological polar surface area (TPSA) is 73.9 Å². The molecule has 5 rings (SSSR count). The quantitative estimate of drug-likeness (QED) is 0.255. The molecule has 2 heterocycles. The van der Waals surface area contributed by atoms with Crippen molar-refractivity contribution in [3.05, 3.63) is 111 Å². The summed E-state index contributed by atoms with van der Waals surface area (Å²) in [5.41, 5.74) is 3.02. The minimum absolute atomic E-state index is 0.0716. The molecule has 204 valence electrons. The van der Waals surface area contributed by atoms with Crippen LogP contribution in [0.2, 0.25) is 5.02 Å². The van der Waals surface area contributed by atoms with Gasteiger partial charge in [-0.1, -0.05) is 54.1 Å². The van der Waals surface area contributed by atoms with Gasteiger partial charge < -0.3 is 19.9 Å². The zero-order valence-electron chi connectivity index (χ0n) is 21.5. The van der Waals surface area contributed by atoms with Crippen molar-refractivity contribution in [2.24, 2.45) is 0 Å². The summed E-state index contributed by atoms with van der Waals surface area (Å²) in [6.07, 6.45) is 0. The van der Waals surface area contributed by atoms with Crippen LogP contribution in [0.1, 0.15) is 25.6 Å². The zero-order valence-corrected chi connectivity index (χ0v) is 23.9. The number of ether oxygens (including phenoxy) is 1. The smallest absolute Gasteiger partial charge is 0.264 e. The van der Waals surface area contributed by atoms with E-state index in [2.05, 4.69) is 15.5 Å². The molecule has 7 nitrogen and oxygen atoms in total. The Balaban J connectivity index is 1.13. The van der Waals surface area contributed by atoms with E-state index in [1.54, 1.807) is 30.3 Å². The molecule has 1 aliphatic rings. The maximum atomic E-state index is 12.8. The highest BCUT2D eigenvalue weighted by atomic mass is 35.5. The summed E-state index contributed by atoms with van der Waals surface area (Å²) in [6.45, 7) is 3.04. The first-order valence-corrected chi connectivity index (χ1v) is 14.4. The molecule has 0 unspecified atom stereocenters. The van der Waals surface area contributed by atoms with E-state index in [1.165, 1.54) is 11.3 Å². The van der Waals surface area contributed by atoms with Crippen molar-refractivity contribution in [1.82, 2.24) is 10.2 Å². The molecular weight excluding hydrogens is 564 g/mol. The molecule has 40 heavy (non-hydrogen) atoms. The van der Waals surface area contributed by atoms with Crippen molar-refractivity contribution < 1.29 is 14.3 Å². The molecule has 0 saturated carbocycles. The number of carbonyl (C=O) groups excluding carboxylic acids is 2. The van der Waals surface area contributed by atoms with E-state index < -0.39 is 0 Å². The Morgan fingerprint density at radius 3 is 2.45 bits per heavy atom. The summed E-state index contributed by atoms with van der Waals surface area (Å²) in [5.74, 6) is 0.317. The fourth-order valence-electron chi connectivity index (χ4n) is 4.35. The predicted octanol–water partition coefficient (Wildman–Crippen LogP) is 6.07. The van der Waals surface area contributed by atoms with Gasteiger partial charge in [-0.15, -0.1) is 11.3 Å². The van der Waals surface area contributed by atoms with Crippen LogP contribution in [0.4, 0.5) is 11.4 Å². The van der Waals surface area contributed by atoms with Gasteiger partial charge in [0.15, 0.2) is 5.11 Å². The van der Waals surface area contributed by atoms with Crippen LogP contribution in [0.3, 0.4) is 0 Å². The number of piperazine rings is 1. The Morgan fingerprint density at radius 1 is 0.925 bits per heavy atom. The molecule has 0 spiro atoms. The van der Waals surface area contributed by atoms with Crippen LogP contribution in [0.15, 0.2) is 90.3 Å². The normalized spacial score (nSPS) is 13.0. The molecule has 1 aliphatic heterocycles. The average Bonchev–Trinajstić information content (AvgIpc) is 3.52. The van der Waals surface area contributed by atoms with Gasteiger partial charge in [0, 0.05) is 37.4 Å². The summed E-state index contributed by atoms with van der Waals surface area (Å²) in [6, 6.07) is 26.1. The van der Waals surface area contributed by atoms with Crippen molar-refractivity contribution in [2.75, 3.05) is 36.4 Å². The van der Waals surface area contributed by atoms with Crippen LogP contribution in [-0.2, 0) is 6.61 Å². The lowest BCUT2D eigenvalue weighted by Crippen LogP contribution is -2.48. The standard InChI is InChI=1S/C30H27ClN4O3S2/c31-25-19-23(11-12-26(25)34-13-15-35(16-14-34)29(37)27-10-5-17-40-27)32-30(39)33-28(36)22-8-4-9-24(18-22)38-20-21-6-2-1-3-7-21/h1-12,17-19H,13-16,20H2,(H2,32,33,36,39). The Morgan fingerprint density at radius 2 is 1.73 bits per heavy atom. The summed E-state index contributed by atoms with van der Waals surface area (Å²) < 4.78 is 5.83. The van der Waals surface area contributed by atoms with Crippen LogP contribution in [0, 0.1) is 0 Å². The monoisotopic (exact) mass is 590 g/mol. The molecule has 4 aromatic rings. The summed E-state index contributed by atoms with van der Waals surface area (Å²) in [4.78, 5) is 30.2. The molecular formula is C30H27ClN4O3S2. The Hall–Kier alpha value is -3.92. The number of halogens is 1. The number of hydrogen-bond acceptors (Lipinski definition) is 6. The number of rotatable bonds is 7. The molecule has 3 aromatic carbocycles. The van der Waals surface area contributed by atoms with E-state index in [0.29, 0.717) is 54.8 Å². The third-order valence-corrected chi connectivity index (χ3v) is 7.78. The lowest BCUT2D eigenvalue weighted by molar-refractivity contribution is 0.0751. The highest BCUT2D eigenvalue weighted by Crippen LogP contribution is 2.30. The number of nitrogens with zero attached hydrogens (tertiary/aromatic N) is 2. The summed E-state index contributed by atoms with van der Waals surface area (Å²) in [7, 11) is 0. The minimum Gasteiger partial charge on any atom is -0.489 e. The van der Waals surface area contributed by atoms with E-state index >= 15 is 0 Å². The number of nitrogens with one attached hydrogen (secondary N) is 2. The number of carbonyl (C=O) groups is 2. The van der Waals surface area contributed by atoms with Crippen LogP contribution >= 0.6 is 35.2 Å². The SMILES string of the molecule is O=C(NC(=S)Nc1ccc(N2CCN(C(=O)c3cccs3)CC2)c(Cl)c1)c1cccc(OCc2ccccc2)c1.